The molecule has 5 nitrogen and oxygen atoms in total. The van der Waals surface area contributed by atoms with Gasteiger partial charge in [0.15, 0.2) is 0 Å². The summed E-state index contributed by atoms with van der Waals surface area (Å²) in [7, 11) is 0. The van der Waals surface area contributed by atoms with E-state index in [2.05, 4.69) is 13.8 Å². The zero-order chi connectivity index (χ0) is 23.2. The molecule has 0 unspecified atom stereocenters. The Morgan fingerprint density at radius 3 is 2.52 bits per heavy atom. The Labute approximate surface area is 204 Å². The topological polar surface area (TPSA) is 47.4 Å². The van der Waals surface area contributed by atoms with E-state index >= 15 is 0 Å². The lowest BCUT2D eigenvalue weighted by atomic mass is 10.1. The molecule has 3 aromatic rings. The summed E-state index contributed by atoms with van der Waals surface area (Å²) < 4.78 is 8.19. The fraction of sp³-hybridized carbons (Fsp3) is 0.269. The van der Waals surface area contributed by atoms with Crippen LogP contribution >= 0.6 is 24.0 Å². The Morgan fingerprint density at radius 1 is 1.06 bits per heavy atom. The molecular formula is C26H27N3O2S2. The van der Waals surface area contributed by atoms with Crippen LogP contribution in [0.15, 0.2) is 65.7 Å². The molecule has 7 heteroatoms. The Balaban J connectivity index is 1.71. The van der Waals surface area contributed by atoms with Crippen LogP contribution in [0.3, 0.4) is 0 Å². The van der Waals surface area contributed by atoms with Crippen LogP contribution in [0.2, 0.25) is 0 Å². The summed E-state index contributed by atoms with van der Waals surface area (Å²) in [6.07, 6.45) is 6.79. The summed E-state index contributed by atoms with van der Waals surface area (Å²) >= 11 is 6.83. The van der Waals surface area contributed by atoms with Crippen LogP contribution in [0.25, 0.3) is 23.0 Å². The Morgan fingerprint density at radius 2 is 1.82 bits per heavy atom. The zero-order valence-corrected chi connectivity index (χ0v) is 20.5. The first-order chi connectivity index (χ1) is 16.1. The monoisotopic (exact) mass is 477 g/mol. The highest BCUT2D eigenvalue weighted by Crippen LogP contribution is 2.35. The van der Waals surface area contributed by atoms with E-state index in [9.17, 15) is 4.79 Å². The second-order valence-electron chi connectivity index (χ2n) is 7.77. The average molecular weight is 478 g/mol. The van der Waals surface area contributed by atoms with Crippen LogP contribution < -0.4 is 4.74 Å². The molecule has 0 atom stereocenters. The van der Waals surface area contributed by atoms with Gasteiger partial charge >= 0.3 is 0 Å². The molecule has 33 heavy (non-hydrogen) atoms. The first-order valence-corrected chi connectivity index (χ1v) is 12.5. The lowest BCUT2D eigenvalue weighted by Crippen LogP contribution is -2.28. The fourth-order valence-corrected chi connectivity index (χ4v) is 4.81. The average Bonchev–Trinajstić information content (AvgIpc) is 3.38. The van der Waals surface area contributed by atoms with Gasteiger partial charge in [0.25, 0.3) is 5.91 Å². The summed E-state index contributed by atoms with van der Waals surface area (Å²) in [5.74, 6) is 0.807. The number of nitrogens with zero attached hydrogens (tertiary/aromatic N) is 3. The third-order valence-corrected chi connectivity index (χ3v) is 6.64. The minimum Gasteiger partial charge on any atom is -0.494 e. The van der Waals surface area contributed by atoms with Crippen LogP contribution in [-0.2, 0) is 4.79 Å². The number of carbonyl (C=O) groups excluding carboxylic acids is 1. The van der Waals surface area contributed by atoms with Crippen molar-refractivity contribution in [2.45, 2.75) is 33.1 Å². The highest BCUT2D eigenvalue weighted by molar-refractivity contribution is 8.26. The highest BCUT2D eigenvalue weighted by Gasteiger charge is 2.31. The predicted molar refractivity (Wildman–Crippen MR) is 140 cm³/mol. The van der Waals surface area contributed by atoms with Gasteiger partial charge in [-0.15, -0.1) is 0 Å². The quantitative estimate of drug-likeness (QED) is 0.266. The van der Waals surface area contributed by atoms with Crippen molar-refractivity contribution in [2.24, 2.45) is 0 Å². The molecule has 1 fully saturated rings. The molecule has 0 N–H and O–H groups in total. The second kappa shape index (κ2) is 10.8. The van der Waals surface area contributed by atoms with Crippen molar-refractivity contribution >= 4 is 40.3 Å². The normalized spacial score (nSPS) is 15.0. The molecule has 1 aliphatic heterocycles. The van der Waals surface area contributed by atoms with Gasteiger partial charge in [-0.1, -0.05) is 62.4 Å². The Bertz CT molecular complexity index is 1150. The van der Waals surface area contributed by atoms with Gasteiger partial charge in [-0.25, -0.2) is 4.68 Å². The highest BCUT2D eigenvalue weighted by atomic mass is 32.2. The number of ether oxygens (including phenoxy) is 1. The van der Waals surface area contributed by atoms with Crippen molar-refractivity contribution in [3.05, 3.63) is 71.3 Å². The molecule has 2 heterocycles. The van der Waals surface area contributed by atoms with Crippen molar-refractivity contribution in [3.8, 4) is 22.7 Å². The fourth-order valence-electron chi connectivity index (χ4n) is 3.51. The van der Waals surface area contributed by atoms with Crippen molar-refractivity contribution in [1.29, 1.82) is 0 Å². The maximum Gasteiger partial charge on any atom is 0.266 e. The number of unbranched alkanes of at least 4 members (excludes halogenated alkanes) is 1. The van der Waals surface area contributed by atoms with Crippen molar-refractivity contribution in [1.82, 2.24) is 14.7 Å². The van der Waals surface area contributed by atoms with Gasteiger partial charge in [-0.2, -0.15) is 5.10 Å². The summed E-state index contributed by atoms with van der Waals surface area (Å²) in [6, 6.07) is 17.9. The number of aromatic nitrogens is 2. The van der Waals surface area contributed by atoms with Crippen LogP contribution in [-0.4, -0.2) is 38.1 Å². The molecule has 1 saturated heterocycles. The predicted octanol–water partition coefficient (Wildman–Crippen LogP) is 6.33. The summed E-state index contributed by atoms with van der Waals surface area (Å²) in [4.78, 5) is 15.3. The lowest BCUT2D eigenvalue weighted by molar-refractivity contribution is -0.122. The number of thioether (sulfide) groups is 1. The van der Waals surface area contributed by atoms with Crippen LogP contribution in [0.5, 0.6) is 5.75 Å². The van der Waals surface area contributed by atoms with Crippen molar-refractivity contribution < 1.29 is 9.53 Å². The van der Waals surface area contributed by atoms with E-state index in [4.69, 9.17) is 22.1 Å². The van der Waals surface area contributed by atoms with E-state index in [0.29, 0.717) is 22.4 Å². The largest absolute Gasteiger partial charge is 0.494 e. The van der Waals surface area contributed by atoms with Gasteiger partial charge in [-0.3, -0.25) is 9.69 Å². The molecule has 0 spiro atoms. The number of carbonyl (C=O) groups is 1. The SMILES string of the molecule is CCCCN1C(=O)C(=Cc2cn(-c3ccccc3)nc2-c2ccc(OCCC)cc2)SC1=S. The second-order valence-corrected chi connectivity index (χ2v) is 9.45. The van der Waals surface area contributed by atoms with Crippen LogP contribution in [0.4, 0.5) is 0 Å². The Kier molecular flexibility index (Phi) is 7.62. The number of benzene rings is 2. The number of hydrogen-bond acceptors (Lipinski definition) is 5. The van der Waals surface area contributed by atoms with Gasteiger partial charge in [0.1, 0.15) is 10.1 Å². The van der Waals surface area contributed by atoms with E-state index in [-0.39, 0.29) is 5.91 Å². The third kappa shape index (κ3) is 5.37. The molecule has 170 valence electrons. The number of para-hydroxylation sites is 1. The van der Waals surface area contributed by atoms with Gasteiger partial charge in [0, 0.05) is 23.9 Å². The van der Waals surface area contributed by atoms with E-state index in [1.807, 2.05) is 71.6 Å². The number of thiocarbonyl (C=S) groups is 1. The van der Waals surface area contributed by atoms with Gasteiger partial charge in [0.05, 0.1) is 22.9 Å². The number of rotatable bonds is 9. The minimum absolute atomic E-state index is 0.0276. The zero-order valence-electron chi connectivity index (χ0n) is 18.9. The van der Waals surface area contributed by atoms with Crippen LogP contribution in [0, 0.1) is 0 Å². The molecule has 2 aromatic carbocycles. The maximum absolute atomic E-state index is 13.0. The van der Waals surface area contributed by atoms with Crippen molar-refractivity contribution in [2.75, 3.05) is 13.2 Å². The molecule has 0 bridgehead atoms. The standard InChI is InChI=1S/C26H27N3O2S2/c1-3-5-15-28-25(30)23(33-26(28)32)17-20-18-29(21-9-7-6-8-10-21)27-24(20)19-11-13-22(14-12-19)31-16-4-2/h6-14,17-18H,3-5,15-16H2,1-2H3. The summed E-state index contributed by atoms with van der Waals surface area (Å²) in [6.45, 7) is 5.54. The smallest absolute Gasteiger partial charge is 0.266 e. The number of amides is 1. The van der Waals surface area contributed by atoms with Crippen molar-refractivity contribution in [3.63, 3.8) is 0 Å². The first-order valence-electron chi connectivity index (χ1n) is 11.2. The Hall–Kier alpha value is -2.90. The van der Waals surface area contributed by atoms with Gasteiger partial charge in [-0.05, 0) is 55.3 Å². The van der Waals surface area contributed by atoms with E-state index in [0.717, 1.165) is 47.5 Å². The van der Waals surface area contributed by atoms with Crippen LogP contribution in [0.1, 0.15) is 38.7 Å². The third-order valence-electron chi connectivity index (χ3n) is 5.26. The molecule has 0 radical (unpaired) electrons. The molecule has 0 saturated carbocycles. The maximum atomic E-state index is 13.0. The summed E-state index contributed by atoms with van der Waals surface area (Å²) in [5, 5.41) is 4.86. The first kappa shape index (κ1) is 23.3. The molecule has 1 aromatic heterocycles. The molecule has 1 aliphatic rings. The van der Waals surface area contributed by atoms with E-state index in [1.165, 1.54) is 11.8 Å². The minimum atomic E-state index is -0.0276. The number of hydrogen-bond donors (Lipinski definition) is 0. The van der Waals surface area contributed by atoms with E-state index < -0.39 is 0 Å². The van der Waals surface area contributed by atoms with Gasteiger partial charge in [0.2, 0.25) is 0 Å². The van der Waals surface area contributed by atoms with E-state index in [1.54, 1.807) is 4.90 Å². The summed E-state index contributed by atoms with van der Waals surface area (Å²) in [5.41, 5.74) is 3.59. The molecular weight excluding hydrogens is 450 g/mol. The molecule has 1 amide bonds. The lowest BCUT2D eigenvalue weighted by Gasteiger charge is -2.12. The van der Waals surface area contributed by atoms with Gasteiger partial charge < -0.3 is 4.74 Å². The molecule has 0 aliphatic carbocycles. The molecule has 4 rings (SSSR count).